The number of rotatable bonds is 9. The monoisotopic (exact) mass is 365 g/mol. The van der Waals surface area contributed by atoms with Gasteiger partial charge in [-0.15, -0.1) is 0 Å². The summed E-state index contributed by atoms with van der Waals surface area (Å²) < 4.78 is 10.9. The predicted molar refractivity (Wildman–Crippen MR) is 106 cm³/mol. The van der Waals surface area contributed by atoms with Crippen molar-refractivity contribution in [3.63, 3.8) is 0 Å². The maximum absolute atomic E-state index is 12.4. The van der Waals surface area contributed by atoms with Crippen molar-refractivity contribution in [2.24, 2.45) is 0 Å². The van der Waals surface area contributed by atoms with Gasteiger partial charge in [-0.3, -0.25) is 9.59 Å². The minimum atomic E-state index is -0.147. The van der Waals surface area contributed by atoms with Gasteiger partial charge < -0.3 is 14.4 Å². The highest BCUT2D eigenvalue weighted by Gasteiger charge is 2.07. The highest BCUT2D eigenvalue weighted by Crippen LogP contribution is 2.16. The van der Waals surface area contributed by atoms with Gasteiger partial charge in [-0.05, 0) is 35.9 Å². The van der Waals surface area contributed by atoms with E-state index in [0.29, 0.717) is 17.9 Å². The second kappa shape index (κ2) is 9.97. The predicted octanol–water partition coefficient (Wildman–Crippen LogP) is 3.61. The lowest BCUT2D eigenvalue weighted by molar-refractivity contribution is -0.130. The lowest BCUT2D eigenvalue weighted by Gasteiger charge is -2.11. The number of amides is 1. The number of nitrogens with zero attached hydrogens (tertiary/aromatic N) is 1. The van der Waals surface area contributed by atoms with Crippen LogP contribution in [-0.4, -0.2) is 43.9 Å². The Morgan fingerprint density at radius 1 is 1.04 bits per heavy atom. The van der Waals surface area contributed by atoms with Crippen LogP contribution in [-0.2, 0) is 4.79 Å². The van der Waals surface area contributed by atoms with Gasteiger partial charge in [-0.1, -0.05) is 43.0 Å². The fourth-order valence-electron chi connectivity index (χ4n) is 2.11. The summed E-state index contributed by atoms with van der Waals surface area (Å²) in [7, 11) is 3.32. The van der Waals surface area contributed by atoms with Crippen LogP contribution in [0.3, 0.4) is 0 Å². The molecule has 27 heavy (non-hydrogen) atoms. The standard InChI is InChI=1S/C22H23NO4/c1-4-14-26-19-11-8-17(9-12-19)10-13-21(24)18-6-5-7-20(15-18)27-16-22(25)23(2)3/h4-13,15H,1,14,16H2,2-3H3/b13-10+. The van der Waals surface area contributed by atoms with Crippen LogP contribution in [0.15, 0.2) is 67.3 Å². The van der Waals surface area contributed by atoms with Gasteiger partial charge in [-0.25, -0.2) is 0 Å². The van der Waals surface area contributed by atoms with Gasteiger partial charge in [0.25, 0.3) is 5.91 Å². The van der Waals surface area contributed by atoms with Gasteiger partial charge in [0.15, 0.2) is 12.4 Å². The van der Waals surface area contributed by atoms with Crippen LogP contribution in [0.25, 0.3) is 6.08 Å². The van der Waals surface area contributed by atoms with E-state index in [4.69, 9.17) is 9.47 Å². The quantitative estimate of drug-likeness (QED) is 0.387. The smallest absolute Gasteiger partial charge is 0.259 e. The number of likely N-dealkylation sites (N-methyl/N-ethyl adjacent to an activating group) is 1. The molecular weight excluding hydrogens is 342 g/mol. The summed E-state index contributed by atoms with van der Waals surface area (Å²) in [6.07, 6.45) is 4.92. The van der Waals surface area contributed by atoms with E-state index in [1.54, 1.807) is 50.5 Å². The molecule has 140 valence electrons. The topological polar surface area (TPSA) is 55.8 Å². The fraction of sp³-hybridized carbons (Fsp3) is 0.182. The first kappa shape index (κ1) is 20.0. The van der Waals surface area contributed by atoms with Crippen molar-refractivity contribution < 1.29 is 19.1 Å². The number of carbonyl (C=O) groups is 2. The number of ether oxygens (including phenoxy) is 2. The average Bonchev–Trinajstić information content (AvgIpc) is 2.69. The third-order valence-electron chi connectivity index (χ3n) is 3.65. The molecule has 0 radical (unpaired) electrons. The highest BCUT2D eigenvalue weighted by atomic mass is 16.5. The molecule has 2 aromatic rings. The van der Waals surface area contributed by atoms with Crippen molar-refractivity contribution in [3.8, 4) is 11.5 Å². The van der Waals surface area contributed by atoms with Gasteiger partial charge >= 0.3 is 0 Å². The maximum atomic E-state index is 12.4. The molecule has 0 aliphatic rings. The lowest BCUT2D eigenvalue weighted by atomic mass is 10.1. The number of carbonyl (C=O) groups excluding carboxylic acids is 2. The molecule has 0 aliphatic carbocycles. The van der Waals surface area contributed by atoms with Crippen LogP contribution >= 0.6 is 0 Å². The van der Waals surface area contributed by atoms with Gasteiger partial charge in [0.05, 0.1) is 0 Å². The SMILES string of the molecule is C=CCOc1ccc(/C=C/C(=O)c2cccc(OCC(=O)N(C)C)c2)cc1. The van der Waals surface area contributed by atoms with Gasteiger partial charge in [0.1, 0.15) is 18.1 Å². The summed E-state index contributed by atoms with van der Waals surface area (Å²) in [4.78, 5) is 25.4. The zero-order valence-electron chi connectivity index (χ0n) is 15.6. The Kier molecular flexibility index (Phi) is 7.37. The molecule has 0 aliphatic heterocycles. The minimum Gasteiger partial charge on any atom is -0.490 e. The first-order valence-electron chi connectivity index (χ1n) is 8.49. The molecule has 5 nitrogen and oxygen atoms in total. The zero-order valence-corrected chi connectivity index (χ0v) is 15.6. The molecule has 0 spiro atoms. The minimum absolute atomic E-state index is 0.0687. The Hall–Kier alpha value is -3.34. The molecule has 2 rings (SSSR count). The maximum Gasteiger partial charge on any atom is 0.259 e. The number of benzene rings is 2. The Balaban J connectivity index is 1.98. The summed E-state index contributed by atoms with van der Waals surface area (Å²) >= 11 is 0. The molecule has 0 fully saturated rings. The van der Waals surface area contributed by atoms with Crippen molar-refractivity contribution in [1.82, 2.24) is 4.90 Å². The van der Waals surface area contributed by atoms with E-state index in [9.17, 15) is 9.59 Å². The Morgan fingerprint density at radius 2 is 1.78 bits per heavy atom. The van der Waals surface area contributed by atoms with Gasteiger partial charge in [0, 0.05) is 19.7 Å². The molecule has 0 saturated heterocycles. The molecule has 1 amide bonds. The van der Waals surface area contributed by atoms with E-state index < -0.39 is 0 Å². The molecule has 0 atom stereocenters. The summed E-state index contributed by atoms with van der Waals surface area (Å²) in [6.45, 7) is 3.99. The summed E-state index contributed by atoms with van der Waals surface area (Å²) in [5.41, 5.74) is 1.38. The first-order chi connectivity index (χ1) is 13.0. The van der Waals surface area contributed by atoms with Crippen molar-refractivity contribution in [1.29, 1.82) is 0 Å². The largest absolute Gasteiger partial charge is 0.490 e. The van der Waals surface area contributed by atoms with Crippen LogP contribution < -0.4 is 9.47 Å². The number of hydrogen-bond donors (Lipinski definition) is 0. The first-order valence-corrected chi connectivity index (χ1v) is 8.49. The third kappa shape index (κ3) is 6.47. The van der Waals surface area contributed by atoms with Crippen LogP contribution in [0.5, 0.6) is 11.5 Å². The second-order valence-electron chi connectivity index (χ2n) is 5.97. The molecular formula is C22H23NO4. The highest BCUT2D eigenvalue weighted by molar-refractivity contribution is 6.07. The molecule has 0 saturated carbocycles. The van der Waals surface area contributed by atoms with E-state index >= 15 is 0 Å². The lowest BCUT2D eigenvalue weighted by Crippen LogP contribution is -2.27. The van der Waals surface area contributed by atoms with E-state index in [2.05, 4.69) is 6.58 Å². The van der Waals surface area contributed by atoms with Crippen molar-refractivity contribution in [2.45, 2.75) is 0 Å². The average molecular weight is 365 g/mol. The van der Waals surface area contributed by atoms with Crippen molar-refractivity contribution in [2.75, 3.05) is 27.3 Å². The van der Waals surface area contributed by atoms with Crippen LogP contribution in [0.1, 0.15) is 15.9 Å². The molecule has 0 N–H and O–H groups in total. The summed E-state index contributed by atoms with van der Waals surface area (Å²) in [6, 6.07) is 14.2. The Bertz CT molecular complexity index is 822. The van der Waals surface area contributed by atoms with E-state index in [1.165, 1.54) is 11.0 Å². The molecule has 0 unspecified atom stereocenters. The molecule has 0 aromatic heterocycles. The van der Waals surface area contributed by atoms with Crippen molar-refractivity contribution >= 4 is 17.8 Å². The second-order valence-corrected chi connectivity index (χ2v) is 5.97. The molecule has 0 heterocycles. The van der Waals surface area contributed by atoms with E-state index in [-0.39, 0.29) is 18.3 Å². The fourth-order valence-corrected chi connectivity index (χ4v) is 2.11. The number of allylic oxidation sites excluding steroid dienone is 1. The van der Waals surface area contributed by atoms with E-state index in [0.717, 1.165) is 11.3 Å². The molecule has 0 bridgehead atoms. The van der Waals surface area contributed by atoms with Crippen LogP contribution in [0, 0.1) is 0 Å². The third-order valence-corrected chi connectivity index (χ3v) is 3.65. The molecule has 2 aromatic carbocycles. The Morgan fingerprint density at radius 3 is 2.44 bits per heavy atom. The normalized spacial score (nSPS) is 10.4. The summed E-state index contributed by atoms with van der Waals surface area (Å²) in [5, 5.41) is 0. The van der Waals surface area contributed by atoms with Crippen LogP contribution in [0.2, 0.25) is 0 Å². The number of ketones is 1. The van der Waals surface area contributed by atoms with Gasteiger partial charge in [0.2, 0.25) is 0 Å². The van der Waals surface area contributed by atoms with Gasteiger partial charge in [-0.2, -0.15) is 0 Å². The summed E-state index contributed by atoms with van der Waals surface area (Å²) in [5.74, 6) is 0.933. The van der Waals surface area contributed by atoms with Crippen LogP contribution in [0.4, 0.5) is 0 Å². The van der Waals surface area contributed by atoms with Crippen molar-refractivity contribution in [3.05, 3.63) is 78.4 Å². The van der Waals surface area contributed by atoms with E-state index in [1.807, 2.05) is 24.3 Å². The Labute approximate surface area is 159 Å². The molecule has 5 heteroatoms. The zero-order chi connectivity index (χ0) is 19.6. The number of hydrogen-bond acceptors (Lipinski definition) is 4.